The van der Waals surface area contributed by atoms with Crippen molar-refractivity contribution in [2.75, 3.05) is 5.32 Å². The lowest BCUT2D eigenvalue weighted by atomic mass is 9.87. The molecule has 0 radical (unpaired) electrons. The molecule has 136 valence electrons. The molecule has 0 saturated heterocycles. The standard InChI is InChI=1S/C22H38N2/c1-6-18(4)24(19(5)7-2)16-20-10-14-22(15-11-20)23-21-12-8-17(3)9-13-21/h10-11,14-15,17-19,21,23H,6-9,12-13,16H2,1-5H3. The lowest BCUT2D eigenvalue weighted by Crippen LogP contribution is -2.39. The van der Waals surface area contributed by atoms with Gasteiger partial charge in [0.05, 0.1) is 0 Å². The highest BCUT2D eigenvalue weighted by Crippen LogP contribution is 2.26. The van der Waals surface area contributed by atoms with Crippen LogP contribution in [-0.4, -0.2) is 23.0 Å². The zero-order valence-corrected chi connectivity index (χ0v) is 16.5. The maximum atomic E-state index is 3.74. The van der Waals surface area contributed by atoms with E-state index in [2.05, 4.69) is 69.1 Å². The van der Waals surface area contributed by atoms with Gasteiger partial charge >= 0.3 is 0 Å². The van der Waals surface area contributed by atoms with Crippen molar-refractivity contribution in [3.8, 4) is 0 Å². The minimum Gasteiger partial charge on any atom is -0.382 e. The van der Waals surface area contributed by atoms with E-state index in [-0.39, 0.29) is 0 Å². The Kier molecular flexibility index (Phi) is 7.61. The average molecular weight is 331 g/mol. The smallest absolute Gasteiger partial charge is 0.0342 e. The molecule has 2 unspecified atom stereocenters. The largest absolute Gasteiger partial charge is 0.382 e. The van der Waals surface area contributed by atoms with Gasteiger partial charge in [-0.2, -0.15) is 0 Å². The van der Waals surface area contributed by atoms with Gasteiger partial charge in [0.1, 0.15) is 0 Å². The molecule has 2 rings (SSSR count). The number of hydrogen-bond donors (Lipinski definition) is 1. The van der Waals surface area contributed by atoms with E-state index in [0.29, 0.717) is 18.1 Å². The lowest BCUT2D eigenvalue weighted by molar-refractivity contribution is 0.137. The van der Waals surface area contributed by atoms with Crippen LogP contribution in [0, 0.1) is 5.92 Å². The van der Waals surface area contributed by atoms with Gasteiger partial charge in [-0.05, 0) is 76.0 Å². The van der Waals surface area contributed by atoms with Crippen LogP contribution in [0.25, 0.3) is 0 Å². The van der Waals surface area contributed by atoms with Crippen LogP contribution in [0.2, 0.25) is 0 Å². The molecule has 0 heterocycles. The molecule has 0 spiro atoms. The predicted molar refractivity (Wildman–Crippen MR) is 107 cm³/mol. The fourth-order valence-corrected chi connectivity index (χ4v) is 3.77. The molecule has 1 aromatic rings. The predicted octanol–water partition coefficient (Wildman–Crippen LogP) is 6.08. The number of nitrogens with one attached hydrogen (secondary N) is 1. The number of nitrogens with zero attached hydrogens (tertiary/aromatic N) is 1. The van der Waals surface area contributed by atoms with E-state index in [1.807, 2.05) is 0 Å². The molecule has 1 aromatic carbocycles. The first kappa shape index (κ1) is 19.3. The van der Waals surface area contributed by atoms with Crippen molar-refractivity contribution in [3.05, 3.63) is 29.8 Å². The monoisotopic (exact) mass is 330 g/mol. The van der Waals surface area contributed by atoms with Crippen LogP contribution < -0.4 is 5.32 Å². The molecular formula is C22H38N2. The summed E-state index contributed by atoms with van der Waals surface area (Å²) in [6.45, 7) is 12.7. The molecule has 0 aliphatic heterocycles. The second-order valence-corrected chi connectivity index (χ2v) is 7.98. The molecule has 0 aromatic heterocycles. The number of rotatable bonds is 8. The van der Waals surface area contributed by atoms with Crippen molar-refractivity contribution in [1.29, 1.82) is 0 Å². The molecule has 24 heavy (non-hydrogen) atoms. The lowest BCUT2D eigenvalue weighted by Gasteiger charge is -2.34. The second kappa shape index (κ2) is 9.46. The molecule has 0 bridgehead atoms. The third-order valence-electron chi connectivity index (χ3n) is 6.02. The quantitative estimate of drug-likeness (QED) is 0.621. The van der Waals surface area contributed by atoms with Gasteiger partial charge in [0.25, 0.3) is 0 Å². The van der Waals surface area contributed by atoms with Crippen LogP contribution in [0.3, 0.4) is 0 Å². The van der Waals surface area contributed by atoms with Gasteiger partial charge in [-0.15, -0.1) is 0 Å². The molecule has 1 N–H and O–H groups in total. The summed E-state index contributed by atoms with van der Waals surface area (Å²) in [4.78, 5) is 2.64. The van der Waals surface area contributed by atoms with Gasteiger partial charge in [0.15, 0.2) is 0 Å². The van der Waals surface area contributed by atoms with E-state index < -0.39 is 0 Å². The number of hydrogen-bond acceptors (Lipinski definition) is 2. The van der Waals surface area contributed by atoms with E-state index >= 15 is 0 Å². The van der Waals surface area contributed by atoms with Crippen LogP contribution in [0.15, 0.2) is 24.3 Å². The van der Waals surface area contributed by atoms with Gasteiger partial charge in [-0.1, -0.05) is 32.9 Å². The molecule has 2 heteroatoms. The fraction of sp³-hybridized carbons (Fsp3) is 0.727. The van der Waals surface area contributed by atoms with Gasteiger partial charge in [-0.3, -0.25) is 4.90 Å². The Morgan fingerprint density at radius 2 is 1.50 bits per heavy atom. The van der Waals surface area contributed by atoms with E-state index in [9.17, 15) is 0 Å². The summed E-state index contributed by atoms with van der Waals surface area (Å²) in [6, 6.07) is 11.1. The van der Waals surface area contributed by atoms with Gasteiger partial charge < -0.3 is 5.32 Å². The van der Waals surface area contributed by atoms with Gasteiger partial charge in [-0.25, -0.2) is 0 Å². The van der Waals surface area contributed by atoms with Gasteiger partial charge in [0.2, 0.25) is 0 Å². The first-order chi connectivity index (χ1) is 11.5. The van der Waals surface area contributed by atoms with Crippen LogP contribution in [0.5, 0.6) is 0 Å². The van der Waals surface area contributed by atoms with Gasteiger partial charge in [0, 0.05) is 30.4 Å². The summed E-state index contributed by atoms with van der Waals surface area (Å²) in [5.74, 6) is 0.914. The summed E-state index contributed by atoms with van der Waals surface area (Å²) < 4.78 is 0. The first-order valence-electron chi connectivity index (χ1n) is 10.1. The van der Waals surface area contributed by atoms with Crippen LogP contribution in [0.1, 0.15) is 78.7 Å². The summed E-state index contributed by atoms with van der Waals surface area (Å²) >= 11 is 0. The Morgan fingerprint density at radius 1 is 0.958 bits per heavy atom. The minimum atomic E-state index is 0.641. The zero-order valence-electron chi connectivity index (χ0n) is 16.5. The molecule has 1 aliphatic rings. The summed E-state index contributed by atoms with van der Waals surface area (Å²) in [6.07, 6.45) is 7.80. The van der Waals surface area contributed by atoms with Crippen molar-refractivity contribution in [2.24, 2.45) is 5.92 Å². The Hall–Kier alpha value is -1.02. The van der Waals surface area contributed by atoms with E-state index in [1.54, 1.807) is 0 Å². The minimum absolute atomic E-state index is 0.641. The van der Waals surface area contributed by atoms with Crippen molar-refractivity contribution in [2.45, 2.75) is 97.8 Å². The highest BCUT2D eigenvalue weighted by Gasteiger charge is 2.19. The molecular weight excluding hydrogens is 292 g/mol. The third kappa shape index (κ3) is 5.51. The Balaban J connectivity index is 1.92. The van der Waals surface area contributed by atoms with E-state index in [1.165, 1.54) is 49.8 Å². The molecule has 1 saturated carbocycles. The fourth-order valence-electron chi connectivity index (χ4n) is 3.77. The molecule has 0 amide bonds. The molecule has 2 atom stereocenters. The number of benzene rings is 1. The highest BCUT2D eigenvalue weighted by molar-refractivity contribution is 5.45. The molecule has 1 aliphatic carbocycles. The maximum absolute atomic E-state index is 3.74. The first-order valence-corrected chi connectivity index (χ1v) is 10.1. The summed E-state index contributed by atoms with van der Waals surface area (Å²) in [5.41, 5.74) is 2.72. The third-order valence-corrected chi connectivity index (χ3v) is 6.02. The van der Waals surface area contributed by atoms with Crippen molar-refractivity contribution < 1.29 is 0 Å². The van der Waals surface area contributed by atoms with Crippen LogP contribution in [-0.2, 0) is 6.54 Å². The molecule has 2 nitrogen and oxygen atoms in total. The summed E-state index contributed by atoms with van der Waals surface area (Å²) in [5, 5.41) is 3.74. The summed E-state index contributed by atoms with van der Waals surface area (Å²) in [7, 11) is 0. The van der Waals surface area contributed by atoms with Crippen molar-refractivity contribution in [1.82, 2.24) is 4.90 Å². The normalized spacial score (nSPS) is 23.9. The molecule has 1 fully saturated rings. The Morgan fingerprint density at radius 3 is 2.00 bits per heavy atom. The second-order valence-electron chi connectivity index (χ2n) is 7.98. The van der Waals surface area contributed by atoms with Crippen molar-refractivity contribution in [3.63, 3.8) is 0 Å². The topological polar surface area (TPSA) is 15.3 Å². The average Bonchev–Trinajstić information content (AvgIpc) is 2.61. The van der Waals surface area contributed by atoms with E-state index in [0.717, 1.165) is 12.5 Å². The zero-order chi connectivity index (χ0) is 17.5. The van der Waals surface area contributed by atoms with Crippen LogP contribution >= 0.6 is 0 Å². The van der Waals surface area contributed by atoms with Crippen molar-refractivity contribution >= 4 is 5.69 Å². The van der Waals surface area contributed by atoms with E-state index in [4.69, 9.17) is 0 Å². The SMILES string of the molecule is CCC(C)N(Cc1ccc(NC2CCC(C)CC2)cc1)C(C)CC. The Labute approximate surface area is 150 Å². The van der Waals surface area contributed by atoms with Crippen LogP contribution in [0.4, 0.5) is 5.69 Å². The maximum Gasteiger partial charge on any atom is 0.0342 e. The number of anilines is 1. The highest BCUT2D eigenvalue weighted by atomic mass is 15.2. The Bertz CT molecular complexity index is 449.